The summed E-state index contributed by atoms with van der Waals surface area (Å²) in [5.41, 5.74) is 0.134. The van der Waals surface area contributed by atoms with Gasteiger partial charge in [0.05, 0.1) is 5.69 Å². The van der Waals surface area contributed by atoms with Crippen LogP contribution in [0.2, 0.25) is 5.02 Å². The molecule has 6 heteroatoms. The second-order valence-corrected chi connectivity index (χ2v) is 4.28. The molecule has 0 atom stereocenters. The fraction of sp³-hybridized carbons (Fsp3) is 0.231. The predicted molar refractivity (Wildman–Crippen MR) is 70.6 cm³/mol. The van der Waals surface area contributed by atoms with Gasteiger partial charge in [0.2, 0.25) is 0 Å². The van der Waals surface area contributed by atoms with Gasteiger partial charge in [0.1, 0.15) is 18.2 Å². The van der Waals surface area contributed by atoms with E-state index < -0.39 is 5.82 Å². The molecule has 2 aromatic rings. The van der Waals surface area contributed by atoms with Crippen molar-refractivity contribution in [2.24, 2.45) is 0 Å². The number of aromatic amines is 1. The Bertz CT molecular complexity index is 643. The van der Waals surface area contributed by atoms with Crippen molar-refractivity contribution in [1.82, 2.24) is 9.97 Å². The fourth-order valence-corrected chi connectivity index (χ4v) is 1.77. The van der Waals surface area contributed by atoms with Gasteiger partial charge in [-0.1, -0.05) is 11.6 Å². The van der Waals surface area contributed by atoms with E-state index in [1.165, 1.54) is 18.2 Å². The Labute approximate surface area is 114 Å². The molecular weight excluding hydrogens is 271 g/mol. The number of benzene rings is 1. The second-order valence-electron chi connectivity index (χ2n) is 3.84. The smallest absolute Gasteiger partial charge is 0.251 e. The lowest BCUT2D eigenvalue weighted by Gasteiger charge is -2.06. The van der Waals surface area contributed by atoms with E-state index in [9.17, 15) is 9.18 Å². The molecule has 0 spiro atoms. The van der Waals surface area contributed by atoms with E-state index in [1.54, 1.807) is 6.07 Å². The molecule has 100 valence electrons. The minimum absolute atomic E-state index is 0.175. The molecule has 0 saturated heterocycles. The van der Waals surface area contributed by atoms with E-state index in [2.05, 4.69) is 9.97 Å². The number of nitrogens with zero attached hydrogens (tertiary/aromatic N) is 1. The summed E-state index contributed by atoms with van der Waals surface area (Å²) in [7, 11) is 0. The molecule has 0 amide bonds. The topological polar surface area (TPSA) is 55.0 Å². The molecule has 19 heavy (non-hydrogen) atoms. The molecule has 0 fully saturated rings. The number of ether oxygens (including phenoxy) is 1. The number of nitrogens with one attached hydrogen (secondary N) is 1. The summed E-state index contributed by atoms with van der Waals surface area (Å²) in [6.07, 6.45) is 0. The van der Waals surface area contributed by atoms with Crippen molar-refractivity contribution >= 4 is 11.6 Å². The van der Waals surface area contributed by atoms with Crippen LogP contribution in [0.25, 0.3) is 11.3 Å². The summed E-state index contributed by atoms with van der Waals surface area (Å²) in [6.45, 7) is 2.51. The van der Waals surface area contributed by atoms with Crippen molar-refractivity contribution in [3.8, 4) is 11.3 Å². The zero-order chi connectivity index (χ0) is 13.8. The number of hydrogen-bond acceptors (Lipinski definition) is 3. The highest BCUT2D eigenvalue weighted by atomic mass is 35.5. The van der Waals surface area contributed by atoms with E-state index in [4.69, 9.17) is 16.3 Å². The zero-order valence-electron chi connectivity index (χ0n) is 10.2. The first-order valence-electron chi connectivity index (χ1n) is 5.73. The van der Waals surface area contributed by atoms with Crippen LogP contribution in [0.3, 0.4) is 0 Å². The molecule has 2 rings (SSSR count). The largest absolute Gasteiger partial charge is 0.374 e. The van der Waals surface area contributed by atoms with Gasteiger partial charge in [-0.05, 0) is 25.1 Å². The summed E-state index contributed by atoms with van der Waals surface area (Å²) in [5.74, 6) is -0.161. The molecule has 0 radical (unpaired) electrons. The molecule has 0 aliphatic rings. The highest BCUT2D eigenvalue weighted by Gasteiger charge is 2.09. The third-order valence-corrected chi connectivity index (χ3v) is 2.68. The van der Waals surface area contributed by atoms with Crippen molar-refractivity contribution in [3.05, 3.63) is 51.3 Å². The van der Waals surface area contributed by atoms with Crippen molar-refractivity contribution in [3.63, 3.8) is 0 Å². The molecule has 0 aliphatic carbocycles. The Balaban J connectivity index is 2.44. The molecule has 1 N–H and O–H groups in total. The van der Waals surface area contributed by atoms with Gasteiger partial charge >= 0.3 is 0 Å². The van der Waals surface area contributed by atoms with Gasteiger partial charge in [-0.25, -0.2) is 9.37 Å². The van der Waals surface area contributed by atoms with Crippen molar-refractivity contribution in [2.45, 2.75) is 13.5 Å². The SMILES string of the molecule is CCOCc1nc(-c2ccc(Cl)cc2F)cc(=O)[nH]1. The maximum Gasteiger partial charge on any atom is 0.251 e. The Morgan fingerprint density at radius 1 is 1.42 bits per heavy atom. The van der Waals surface area contributed by atoms with Crippen LogP contribution in [0.4, 0.5) is 4.39 Å². The maximum absolute atomic E-state index is 13.8. The summed E-state index contributed by atoms with van der Waals surface area (Å²) < 4.78 is 19.0. The van der Waals surface area contributed by atoms with Crippen molar-refractivity contribution < 1.29 is 9.13 Å². The molecule has 1 aromatic heterocycles. The van der Waals surface area contributed by atoms with Gasteiger partial charge in [-0.3, -0.25) is 4.79 Å². The third kappa shape index (κ3) is 3.39. The Hall–Kier alpha value is -1.72. The molecule has 0 unspecified atom stereocenters. The van der Waals surface area contributed by atoms with Crippen LogP contribution in [-0.4, -0.2) is 16.6 Å². The molecule has 4 nitrogen and oxygen atoms in total. The number of aromatic nitrogens is 2. The van der Waals surface area contributed by atoms with Crippen LogP contribution in [0.15, 0.2) is 29.1 Å². The fourth-order valence-electron chi connectivity index (χ4n) is 1.61. The molecule has 0 saturated carbocycles. The quantitative estimate of drug-likeness (QED) is 0.938. The third-order valence-electron chi connectivity index (χ3n) is 2.44. The summed E-state index contributed by atoms with van der Waals surface area (Å²) in [4.78, 5) is 18.2. The lowest BCUT2D eigenvalue weighted by molar-refractivity contribution is 0.128. The van der Waals surface area contributed by atoms with Gasteiger partial charge in [0, 0.05) is 23.3 Å². The van der Waals surface area contributed by atoms with Gasteiger partial charge in [0.15, 0.2) is 0 Å². The first-order chi connectivity index (χ1) is 9.10. The number of hydrogen-bond donors (Lipinski definition) is 1. The molecule has 1 aromatic carbocycles. The second kappa shape index (κ2) is 5.95. The van der Waals surface area contributed by atoms with Gasteiger partial charge in [-0.2, -0.15) is 0 Å². The first-order valence-corrected chi connectivity index (χ1v) is 6.11. The number of H-pyrrole nitrogens is 1. The zero-order valence-corrected chi connectivity index (χ0v) is 11.0. The average Bonchev–Trinajstić information content (AvgIpc) is 2.35. The van der Waals surface area contributed by atoms with Gasteiger partial charge in [0.25, 0.3) is 5.56 Å². The van der Waals surface area contributed by atoms with E-state index in [0.29, 0.717) is 17.5 Å². The van der Waals surface area contributed by atoms with E-state index in [1.807, 2.05) is 6.92 Å². The molecular formula is C13H12ClFN2O2. The normalized spacial score (nSPS) is 10.7. The standard InChI is InChI=1S/C13H12ClFN2O2/c1-2-19-7-12-16-11(6-13(18)17-12)9-4-3-8(14)5-10(9)15/h3-6H,2,7H2,1H3,(H,16,17,18). The minimum Gasteiger partial charge on any atom is -0.374 e. The summed E-state index contributed by atoms with van der Waals surface area (Å²) >= 11 is 5.69. The van der Waals surface area contributed by atoms with Crippen molar-refractivity contribution in [1.29, 1.82) is 0 Å². The molecule has 1 heterocycles. The average molecular weight is 283 g/mol. The maximum atomic E-state index is 13.8. The highest BCUT2D eigenvalue weighted by Crippen LogP contribution is 2.22. The van der Waals surface area contributed by atoms with Crippen LogP contribution < -0.4 is 5.56 Å². The van der Waals surface area contributed by atoms with Gasteiger partial charge in [-0.15, -0.1) is 0 Å². The Morgan fingerprint density at radius 3 is 2.89 bits per heavy atom. The minimum atomic E-state index is -0.520. The van der Waals surface area contributed by atoms with E-state index in [0.717, 1.165) is 0 Å². The van der Waals surface area contributed by atoms with Crippen LogP contribution in [0.1, 0.15) is 12.7 Å². The summed E-state index contributed by atoms with van der Waals surface area (Å²) in [5, 5.41) is 0.292. The lowest BCUT2D eigenvalue weighted by atomic mass is 10.1. The Kier molecular flexibility index (Phi) is 4.29. The van der Waals surface area contributed by atoms with E-state index in [-0.39, 0.29) is 23.4 Å². The van der Waals surface area contributed by atoms with Crippen LogP contribution in [-0.2, 0) is 11.3 Å². The van der Waals surface area contributed by atoms with Crippen LogP contribution in [0.5, 0.6) is 0 Å². The molecule has 0 aliphatic heterocycles. The first kappa shape index (κ1) is 13.7. The van der Waals surface area contributed by atoms with E-state index >= 15 is 0 Å². The lowest BCUT2D eigenvalue weighted by Crippen LogP contribution is -2.12. The monoisotopic (exact) mass is 282 g/mol. The van der Waals surface area contributed by atoms with Crippen LogP contribution >= 0.6 is 11.6 Å². The highest BCUT2D eigenvalue weighted by molar-refractivity contribution is 6.30. The van der Waals surface area contributed by atoms with Crippen molar-refractivity contribution in [2.75, 3.05) is 6.61 Å². The molecule has 0 bridgehead atoms. The Morgan fingerprint density at radius 2 is 2.21 bits per heavy atom. The predicted octanol–water partition coefficient (Wildman–Crippen LogP) is 2.77. The number of halogens is 2. The van der Waals surface area contributed by atoms with Crippen LogP contribution in [0, 0.1) is 5.82 Å². The van der Waals surface area contributed by atoms with Gasteiger partial charge < -0.3 is 9.72 Å². The number of rotatable bonds is 4. The summed E-state index contributed by atoms with van der Waals surface area (Å²) in [6, 6.07) is 5.46.